The van der Waals surface area contributed by atoms with Crippen molar-refractivity contribution in [2.45, 2.75) is 19.6 Å². The van der Waals surface area contributed by atoms with Crippen LogP contribution in [0, 0.1) is 0 Å². The largest absolute Gasteiger partial charge is 0.416 e. The Bertz CT molecular complexity index is 399. The second kappa shape index (κ2) is 6.07. The van der Waals surface area contributed by atoms with Crippen molar-refractivity contribution >= 4 is 11.6 Å². The van der Waals surface area contributed by atoms with E-state index in [1.807, 2.05) is 6.92 Å². The summed E-state index contributed by atoms with van der Waals surface area (Å²) < 4.78 is 37.3. The molecule has 0 bridgehead atoms. The Labute approximate surface area is 103 Å². The fourth-order valence-electron chi connectivity index (χ4n) is 1.30. The molecule has 0 atom stereocenters. The van der Waals surface area contributed by atoms with Crippen molar-refractivity contribution in [3.8, 4) is 0 Å². The minimum absolute atomic E-state index is 0.381. The van der Waals surface area contributed by atoms with E-state index >= 15 is 0 Å². The molecule has 1 N–H and O–H groups in total. The molecule has 1 aromatic rings. The summed E-state index contributed by atoms with van der Waals surface area (Å²) in [6.45, 7) is 2.78. The van der Waals surface area contributed by atoms with Gasteiger partial charge in [-0.3, -0.25) is 0 Å². The van der Waals surface area contributed by atoms with E-state index in [0.29, 0.717) is 18.7 Å². The zero-order valence-corrected chi connectivity index (χ0v) is 10.1. The molecule has 0 spiro atoms. The number of alkyl halides is 3. The first-order valence-corrected chi connectivity index (χ1v) is 5.50. The molecule has 0 radical (unpaired) electrons. The number of benzene rings is 1. The summed E-state index contributed by atoms with van der Waals surface area (Å²) >= 11 is 5.47. The van der Waals surface area contributed by atoms with Gasteiger partial charge in [0.05, 0.1) is 5.56 Å². The summed E-state index contributed by atoms with van der Waals surface area (Å²) in [5, 5.41) is 3.01. The highest BCUT2D eigenvalue weighted by atomic mass is 35.5. The molecule has 0 unspecified atom stereocenters. The SMILES string of the molecule is C/C(=C/Cl)CNCc1cccc(C(F)(F)F)c1. The lowest BCUT2D eigenvalue weighted by molar-refractivity contribution is -0.137. The normalized spacial score (nSPS) is 12.9. The molecule has 0 saturated heterocycles. The van der Waals surface area contributed by atoms with Gasteiger partial charge in [-0.2, -0.15) is 13.2 Å². The molecule has 1 rings (SSSR count). The highest BCUT2D eigenvalue weighted by Crippen LogP contribution is 2.29. The van der Waals surface area contributed by atoms with Gasteiger partial charge >= 0.3 is 6.18 Å². The predicted molar refractivity (Wildman–Crippen MR) is 62.8 cm³/mol. The van der Waals surface area contributed by atoms with Gasteiger partial charge in [0, 0.05) is 18.6 Å². The fraction of sp³-hybridized carbons (Fsp3) is 0.333. The molecule has 0 amide bonds. The van der Waals surface area contributed by atoms with Crippen LogP contribution in [0.4, 0.5) is 13.2 Å². The first-order chi connectivity index (χ1) is 7.93. The molecule has 94 valence electrons. The number of hydrogen-bond acceptors (Lipinski definition) is 1. The smallest absolute Gasteiger partial charge is 0.309 e. The van der Waals surface area contributed by atoms with Crippen LogP contribution in [-0.2, 0) is 12.7 Å². The minimum Gasteiger partial charge on any atom is -0.309 e. The van der Waals surface area contributed by atoms with Crippen LogP contribution in [0.15, 0.2) is 35.4 Å². The highest BCUT2D eigenvalue weighted by Gasteiger charge is 2.30. The van der Waals surface area contributed by atoms with Crippen LogP contribution in [-0.4, -0.2) is 6.54 Å². The van der Waals surface area contributed by atoms with Crippen molar-refractivity contribution in [2.24, 2.45) is 0 Å². The predicted octanol–water partition coefficient (Wildman–Crippen LogP) is 3.94. The third kappa shape index (κ3) is 4.79. The van der Waals surface area contributed by atoms with E-state index in [9.17, 15) is 13.2 Å². The maximum Gasteiger partial charge on any atom is 0.416 e. The molecule has 0 heterocycles. The number of hydrogen-bond donors (Lipinski definition) is 1. The molecule has 0 aliphatic rings. The van der Waals surface area contributed by atoms with Crippen LogP contribution in [0.3, 0.4) is 0 Å². The molecular formula is C12H13ClF3N. The topological polar surface area (TPSA) is 12.0 Å². The van der Waals surface area contributed by atoms with Gasteiger partial charge < -0.3 is 5.32 Å². The fourth-order valence-corrected chi connectivity index (χ4v) is 1.38. The Hall–Kier alpha value is -1.00. The molecule has 1 nitrogen and oxygen atoms in total. The van der Waals surface area contributed by atoms with Crippen LogP contribution >= 0.6 is 11.6 Å². The third-order valence-corrected chi connectivity index (χ3v) is 2.55. The number of halogens is 4. The third-order valence-electron chi connectivity index (χ3n) is 2.17. The Morgan fingerprint density at radius 2 is 2.12 bits per heavy atom. The average molecular weight is 264 g/mol. The molecular weight excluding hydrogens is 251 g/mol. The Morgan fingerprint density at radius 3 is 2.71 bits per heavy atom. The summed E-state index contributed by atoms with van der Waals surface area (Å²) in [6.07, 6.45) is -4.29. The molecule has 0 aliphatic carbocycles. The van der Waals surface area contributed by atoms with Crippen molar-refractivity contribution in [1.29, 1.82) is 0 Å². The van der Waals surface area contributed by atoms with E-state index < -0.39 is 11.7 Å². The van der Waals surface area contributed by atoms with E-state index in [1.54, 1.807) is 6.07 Å². The molecule has 5 heteroatoms. The summed E-state index contributed by atoms with van der Waals surface area (Å²) in [5.74, 6) is 0. The van der Waals surface area contributed by atoms with Crippen molar-refractivity contribution in [3.05, 3.63) is 46.5 Å². The Balaban J connectivity index is 2.61. The Kier molecular flexibility index (Phi) is 5.02. The first-order valence-electron chi connectivity index (χ1n) is 5.06. The lowest BCUT2D eigenvalue weighted by Gasteiger charge is -2.09. The second-order valence-electron chi connectivity index (χ2n) is 3.76. The summed E-state index contributed by atoms with van der Waals surface area (Å²) in [5.41, 5.74) is 2.35. The summed E-state index contributed by atoms with van der Waals surface area (Å²) in [7, 11) is 0. The standard InChI is InChI=1S/C12H13ClF3N/c1-9(6-13)7-17-8-10-3-2-4-11(5-10)12(14,15)16/h2-6,17H,7-8H2,1H3/b9-6-. The first kappa shape index (κ1) is 14.1. The molecule has 0 fully saturated rings. The molecule has 1 aromatic carbocycles. The van der Waals surface area contributed by atoms with Crippen molar-refractivity contribution < 1.29 is 13.2 Å². The van der Waals surface area contributed by atoms with E-state index in [2.05, 4.69) is 5.32 Å². The average Bonchev–Trinajstić information content (AvgIpc) is 2.28. The van der Waals surface area contributed by atoms with Gasteiger partial charge in [-0.05, 0) is 24.1 Å². The molecule has 0 aromatic heterocycles. The zero-order chi connectivity index (χ0) is 12.9. The van der Waals surface area contributed by atoms with Gasteiger partial charge in [-0.15, -0.1) is 0 Å². The van der Waals surface area contributed by atoms with Crippen LogP contribution in [0.25, 0.3) is 0 Å². The van der Waals surface area contributed by atoms with Crippen molar-refractivity contribution in [2.75, 3.05) is 6.54 Å². The van der Waals surface area contributed by atoms with Crippen LogP contribution in [0.1, 0.15) is 18.1 Å². The lowest BCUT2D eigenvalue weighted by Crippen LogP contribution is -2.16. The van der Waals surface area contributed by atoms with Gasteiger partial charge in [-0.1, -0.05) is 29.8 Å². The molecule has 17 heavy (non-hydrogen) atoms. The molecule has 0 aliphatic heterocycles. The van der Waals surface area contributed by atoms with Gasteiger partial charge in [0.25, 0.3) is 0 Å². The highest BCUT2D eigenvalue weighted by molar-refractivity contribution is 6.25. The summed E-state index contributed by atoms with van der Waals surface area (Å²) in [4.78, 5) is 0. The lowest BCUT2D eigenvalue weighted by atomic mass is 10.1. The zero-order valence-electron chi connectivity index (χ0n) is 9.31. The van der Waals surface area contributed by atoms with Gasteiger partial charge in [0.15, 0.2) is 0 Å². The van der Waals surface area contributed by atoms with Gasteiger partial charge in [0.2, 0.25) is 0 Å². The van der Waals surface area contributed by atoms with Gasteiger partial charge in [-0.25, -0.2) is 0 Å². The minimum atomic E-state index is -4.29. The maximum absolute atomic E-state index is 12.4. The number of rotatable bonds is 4. The quantitative estimate of drug-likeness (QED) is 0.868. The van der Waals surface area contributed by atoms with Crippen LogP contribution in [0.2, 0.25) is 0 Å². The van der Waals surface area contributed by atoms with Crippen LogP contribution in [0.5, 0.6) is 0 Å². The van der Waals surface area contributed by atoms with Crippen molar-refractivity contribution in [1.82, 2.24) is 5.32 Å². The van der Waals surface area contributed by atoms with E-state index in [4.69, 9.17) is 11.6 Å². The second-order valence-corrected chi connectivity index (χ2v) is 3.98. The number of nitrogens with one attached hydrogen (secondary N) is 1. The summed E-state index contributed by atoms with van der Waals surface area (Å²) in [6, 6.07) is 5.27. The van der Waals surface area contributed by atoms with E-state index in [1.165, 1.54) is 11.6 Å². The van der Waals surface area contributed by atoms with Gasteiger partial charge in [0.1, 0.15) is 0 Å². The van der Waals surface area contributed by atoms with Crippen LogP contribution < -0.4 is 5.32 Å². The van der Waals surface area contributed by atoms with E-state index in [-0.39, 0.29) is 0 Å². The van der Waals surface area contributed by atoms with Crippen molar-refractivity contribution in [3.63, 3.8) is 0 Å². The monoisotopic (exact) mass is 263 g/mol. The molecule has 0 saturated carbocycles. The maximum atomic E-state index is 12.4. The van der Waals surface area contributed by atoms with E-state index in [0.717, 1.165) is 17.7 Å². The Morgan fingerprint density at radius 1 is 1.41 bits per heavy atom.